The number of hydrogen-bond donors (Lipinski definition) is 0. The molecular weight excluding hydrogens is 345 g/mol. The summed E-state index contributed by atoms with van der Waals surface area (Å²) in [4.78, 5) is -0.329. The minimum Gasteiger partial charge on any atom is -0.207 e. The van der Waals surface area contributed by atoms with Crippen LogP contribution in [0.25, 0.3) is 0 Å². The molecule has 0 atom stereocenters. The maximum atomic E-state index is 13.7. The Labute approximate surface area is 120 Å². The Kier molecular flexibility index (Phi) is 5.58. The molecule has 0 N–H and O–H groups in total. The second-order valence-electron chi connectivity index (χ2n) is 3.97. The summed E-state index contributed by atoms with van der Waals surface area (Å²) in [7, 11) is -3.86. The van der Waals surface area contributed by atoms with Gasteiger partial charge in [0.15, 0.2) is 0 Å². The molecule has 0 aliphatic rings. The van der Waals surface area contributed by atoms with Gasteiger partial charge in [-0.05, 0) is 32.0 Å². The summed E-state index contributed by atoms with van der Waals surface area (Å²) in [6.07, 6.45) is 0. The van der Waals surface area contributed by atoms with Crippen molar-refractivity contribution in [3.05, 3.63) is 28.5 Å². The minimum absolute atomic E-state index is 0.150. The van der Waals surface area contributed by atoms with E-state index in [0.717, 1.165) is 6.07 Å². The number of sulfonamides is 1. The summed E-state index contributed by atoms with van der Waals surface area (Å²) >= 11 is 8.68. The monoisotopic (exact) mass is 357 g/mol. The lowest BCUT2D eigenvalue weighted by atomic mass is 10.3. The Morgan fingerprint density at radius 1 is 1.44 bits per heavy atom. The molecule has 1 rings (SSSR count). The number of halogens is 3. The van der Waals surface area contributed by atoms with Crippen molar-refractivity contribution in [2.45, 2.75) is 24.8 Å². The van der Waals surface area contributed by atoms with Gasteiger partial charge in [-0.25, -0.2) is 12.8 Å². The van der Waals surface area contributed by atoms with Crippen molar-refractivity contribution in [3.8, 4) is 0 Å². The van der Waals surface area contributed by atoms with E-state index in [1.807, 2.05) is 0 Å². The summed E-state index contributed by atoms with van der Waals surface area (Å²) in [6.45, 7) is 3.60. The summed E-state index contributed by atoms with van der Waals surface area (Å²) in [5.41, 5.74) is 0. The zero-order chi connectivity index (χ0) is 13.9. The molecule has 0 heterocycles. The van der Waals surface area contributed by atoms with Crippen LogP contribution in [-0.2, 0) is 10.0 Å². The van der Waals surface area contributed by atoms with Gasteiger partial charge in [-0.3, -0.25) is 0 Å². The van der Waals surface area contributed by atoms with Crippen LogP contribution in [0.15, 0.2) is 27.6 Å². The fourth-order valence-electron chi connectivity index (χ4n) is 1.55. The van der Waals surface area contributed by atoms with Gasteiger partial charge in [-0.15, -0.1) is 11.6 Å². The average Bonchev–Trinajstić information content (AvgIpc) is 2.24. The lowest BCUT2D eigenvalue weighted by Crippen LogP contribution is -2.38. The van der Waals surface area contributed by atoms with E-state index in [2.05, 4.69) is 15.9 Å². The molecule has 3 nitrogen and oxygen atoms in total. The highest BCUT2D eigenvalue weighted by atomic mass is 79.9. The Balaban J connectivity index is 3.26. The highest BCUT2D eigenvalue weighted by Gasteiger charge is 2.29. The third-order valence-corrected chi connectivity index (χ3v) is 5.13. The van der Waals surface area contributed by atoms with Crippen LogP contribution in [-0.4, -0.2) is 31.2 Å². The van der Waals surface area contributed by atoms with Crippen LogP contribution >= 0.6 is 27.5 Å². The topological polar surface area (TPSA) is 37.4 Å². The first-order chi connectivity index (χ1) is 8.30. The normalized spacial score (nSPS) is 12.4. The second-order valence-corrected chi connectivity index (χ2v) is 7.13. The molecule has 7 heteroatoms. The SMILES string of the molecule is CC(C)N(CCCl)S(=O)(=O)c1ccc(Br)cc1F. The number of hydrogen-bond acceptors (Lipinski definition) is 2. The Hall–Kier alpha value is -0.170. The molecule has 0 aromatic heterocycles. The molecule has 0 fully saturated rings. The van der Waals surface area contributed by atoms with Crippen LogP contribution in [0, 0.1) is 5.82 Å². The molecule has 0 saturated carbocycles. The first-order valence-corrected chi connectivity index (χ1v) is 8.10. The molecule has 0 amide bonds. The van der Waals surface area contributed by atoms with Crippen LogP contribution in [0.3, 0.4) is 0 Å². The largest absolute Gasteiger partial charge is 0.246 e. The van der Waals surface area contributed by atoms with Gasteiger partial charge in [0.05, 0.1) is 0 Å². The maximum Gasteiger partial charge on any atom is 0.246 e. The van der Waals surface area contributed by atoms with Crippen LogP contribution in [0.1, 0.15) is 13.8 Å². The van der Waals surface area contributed by atoms with E-state index in [1.54, 1.807) is 13.8 Å². The molecule has 0 saturated heterocycles. The molecule has 102 valence electrons. The smallest absolute Gasteiger partial charge is 0.207 e. The van der Waals surface area contributed by atoms with E-state index in [4.69, 9.17) is 11.6 Å². The van der Waals surface area contributed by atoms with Gasteiger partial charge in [-0.1, -0.05) is 15.9 Å². The van der Waals surface area contributed by atoms with Crippen molar-refractivity contribution in [1.29, 1.82) is 0 Å². The van der Waals surface area contributed by atoms with Crippen molar-refractivity contribution < 1.29 is 12.8 Å². The summed E-state index contributed by atoms with van der Waals surface area (Å²) in [5, 5.41) is 0. The third kappa shape index (κ3) is 3.44. The zero-order valence-electron chi connectivity index (χ0n) is 10.0. The van der Waals surface area contributed by atoms with Crippen LogP contribution in [0.4, 0.5) is 4.39 Å². The Bertz CT molecular complexity index is 522. The molecule has 0 aliphatic carbocycles. The van der Waals surface area contributed by atoms with E-state index in [9.17, 15) is 12.8 Å². The standard InChI is InChI=1S/C11H14BrClFNO2S/c1-8(2)15(6-5-13)18(16,17)11-4-3-9(12)7-10(11)14/h3-4,7-8H,5-6H2,1-2H3. The van der Waals surface area contributed by atoms with Crippen LogP contribution in [0.2, 0.25) is 0 Å². The summed E-state index contributed by atoms with van der Waals surface area (Å²) in [5.74, 6) is -0.611. The molecule has 1 aromatic rings. The minimum atomic E-state index is -3.86. The zero-order valence-corrected chi connectivity index (χ0v) is 13.2. The predicted molar refractivity (Wildman–Crippen MR) is 73.8 cm³/mol. The fraction of sp³-hybridized carbons (Fsp3) is 0.455. The van der Waals surface area contributed by atoms with Gasteiger partial charge >= 0.3 is 0 Å². The molecule has 0 aliphatic heterocycles. The van der Waals surface area contributed by atoms with Crippen molar-refractivity contribution in [3.63, 3.8) is 0 Å². The van der Waals surface area contributed by atoms with Crippen molar-refractivity contribution in [1.82, 2.24) is 4.31 Å². The number of benzene rings is 1. The van der Waals surface area contributed by atoms with Gasteiger partial charge in [0.25, 0.3) is 0 Å². The Morgan fingerprint density at radius 2 is 2.06 bits per heavy atom. The van der Waals surface area contributed by atoms with Gasteiger partial charge in [-0.2, -0.15) is 4.31 Å². The van der Waals surface area contributed by atoms with E-state index in [-0.39, 0.29) is 23.4 Å². The van der Waals surface area contributed by atoms with E-state index < -0.39 is 15.8 Å². The van der Waals surface area contributed by atoms with Crippen LogP contribution < -0.4 is 0 Å². The number of alkyl halides is 1. The molecule has 0 unspecified atom stereocenters. The first kappa shape index (κ1) is 15.9. The van der Waals surface area contributed by atoms with Crippen LogP contribution in [0.5, 0.6) is 0 Å². The lowest BCUT2D eigenvalue weighted by molar-refractivity contribution is 0.368. The van der Waals surface area contributed by atoms with E-state index in [0.29, 0.717) is 4.47 Å². The molecule has 1 aromatic carbocycles. The van der Waals surface area contributed by atoms with E-state index >= 15 is 0 Å². The summed E-state index contributed by atoms with van der Waals surface area (Å²) in [6, 6.07) is 3.59. The van der Waals surface area contributed by atoms with Gasteiger partial charge in [0.1, 0.15) is 10.7 Å². The lowest BCUT2D eigenvalue weighted by Gasteiger charge is -2.25. The molecular formula is C11H14BrClFNO2S. The second kappa shape index (κ2) is 6.32. The van der Waals surface area contributed by atoms with Gasteiger partial charge in [0, 0.05) is 22.9 Å². The number of rotatable bonds is 5. The van der Waals surface area contributed by atoms with E-state index in [1.165, 1.54) is 16.4 Å². The summed E-state index contributed by atoms with van der Waals surface area (Å²) < 4.78 is 40.0. The fourth-order valence-corrected chi connectivity index (χ4v) is 3.85. The maximum absolute atomic E-state index is 13.7. The quantitative estimate of drug-likeness (QED) is 0.758. The van der Waals surface area contributed by atoms with Crippen molar-refractivity contribution in [2.75, 3.05) is 12.4 Å². The van der Waals surface area contributed by atoms with Gasteiger partial charge in [0.2, 0.25) is 10.0 Å². The molecule has 0 radical (unpaired) electrons. The predicted octanol–water partition coefficient (Wildman–Crippen LogP) is 3.23. The molecule has 18 heavy (non-hydrogen) atoms. The average molecular weight is 359 g/mol. The number of nitrogens with zero attached hydrogens (tertiary/aromatic N) is 1. The first-order valence-electron chi connectivity index (χ1n) is 5.33. The Morgan fingerprint density at radius 3 is 2.50 bits per heavy atom. The third-order valence-electron chi connectivity index (χ3n) is 2.36. The molecule has 0 spiro atoms. The molecule has 0 bridgehead atoms. The van der Waals surface area contributed by atoms with Crippen molar-refractivity contribution >= 4 is 37.6 Å². The highest BCUT2D eigenvalue weighted by molar-refractivity contribution is 9.10. The highest BCUT2D eigenvalue weighted by Crippen LogP contribution is 2.24. The van der Waals surface area contributed by atoms with Gasteiger partial charge < -0.3 is 0 Å². The van der Waals surface area contributed by atoms with Crippen molar-refractivity contribution in [2.24, 2.45) is 0 Å².